The fourth-order valence-electron chi connectivity index (χ4n) is 1.30. The van der Waals surface area contributed by atoms with E-state index in [1.807, 2.05) is 11.9 Å². The SMILES string of the molecule is CC(C)CN(C)c1cncc(CO)n1. The molecule has 4 nitrogen and oxygen atoms in total. The summed E-state index contributed by atoms with van der Waals surface area (Å²) >= 11 is 0. The molecule has 0 fully saturated rings. The van der Waals surface area contributed by atoms with Crippen LogP contribution in [-0.2, 0) is 6.61 Å². The molecule has 0 aliphatic rings. The summed E-state index contributed by atoms with van der Waals surface area (Å²) in [5.41, 5.74) is 0.609. The van der Waals surface area contributed by atoms with Crippen molar-refractivity contribution in [3.63, 3.8) is 0 Å². The minimum Gasteiger partial charge on any atom is -0.390 e. The predicted molar refractivity (Wildman–Crippen MR) is 56.1 cm³/mol. The van der Waals surface area contributed by atoms with Crippen LogP contribution < -0.4 is 4.90 Å². The van der Waals surface area contributed by atoms with Gasteiger partial charge in [0.25, 0.3) is 0 Å². The number of hydrogen-bond acceptors (Lipinski definition) is 4. The van der Waals surface area contributed by atoms with E-state index in [-0.39, 0.29) is 6.61 Å². The number of aliphatic hydroxyl groups excluding tert-OH is 1. The van der Waals surface area contributed by atoms with Crippen LogP contribution in [0.1, 0.15) is 19.5 Å². The molecule has 0 atom stereocenters. The van der Waals surface area contributed by atoms with E-state index in [2.05, 4.69) is 23.8 Å². The van der Waals surface area contributed by atoms with E-state index in [4.69, 9.17) is 5.11 Å². The number of aromatic nitrogens is 2. The first-order valence-electron chi connectivity index (χ1n) is 4.76. The molecule has 1 heterocycles. The fraction of sp³-hybridized carbons (Fsp3) is 0.600. The van der Waals surface area contributed by atoms with Crippen molar-refractivity contribution in [2.75, 3.05) is 18.5 Å². The molecule has 0 unspecified atom stereocenters. The minimum absolute atomic E-state index is 0.0592. The number of aliphatic hydroxyl groups is 1. The molecule has 0 aliphatic carbocycles. The van der Waals surface area contributed by atoms with Crippen molar-refractivity contribution in [1.29, 1.82) is 0 Å². The second-order valence-electron chi connectivity index (χ2n) is 3.80. The van der Waals surface area contributed by atoms with Crippen LogP contribution in [0.3, 0.4) is 0 Å². The van der Waals surface area contributed by atoms with Gasteiger partial charge in [0.05, 0.1) is 24.7 Å². The zero-order valence-electron chi connectivity index (χ0n) is 8.94. The Bertz CT molecular complexity index is 288. The Morgan fingerprint density at radius 3 is 2.71 bits per heavy atom. The molecular formula is C10H17N3O. The summed E-state index contributed by atoms with van der Waals surface area (Å²) in [5.74, 6) is 1.39. The van der Waals surface area contributed by atoms with Crippen LogP contribution >= 0.6 is 0 Å². The van der Waals surface area contributed by atoms with E-state index in [0.29, 0.717) is 11.6 Å². The van der Waals surface area contributed by atoms with Crippen LogP contribution in [0, 0.1) is 5.92 Å². The van der Waals surface area contributed by atoms with Crippen molar-refractivity contribution in [3.05, 3.63) is 18.1 Å². The van der Waals surface area contributed by atoms with Crippen molar-refractivity contribution in [2.45, 2.75) is 20.5 Å². The molecule has 1 rings (SSSR count). The Labute approximate surface area is 84.6 Å². The lowest BCUT2D eigenvalue weighted by Crippen LogP contribution is -2.23. The lowest BCUT2D eigenvalue weighted by atomic mass is 10.2. The predicted octanol–water partition coefficient (Wildman–Crippen LogP) is 1.06. The largest absolute Gasteiger partial charge is 0.390 e. The Kier molecular flexibility index (Phi) is 3.83. The van der Waals surface area contributed by atoms with Gasteiger partial charge in [-0.1, -0.05) is 13.8 Å². The molecule has 0 amide bonds. The number of hydrogen-bond donors (Lipinski definition) is 1. The van der Waals surface area contributed by atoms with Gasteiger partial charge in [-0.25, -0.2) is 4.98 Å². The van der Waals surface area contributed by atoms with Crippen molar-refractivity contribution in [2.24, 2.45) is 5.92 Å². The van der Waals surface area contributed by atoms with Crippen molar-refractivity contribution in [1.82, 2.24) is 9.97 Å². The minimum atomic E-state index is -0.0592. The highest BCUT2D eigenvalue weighted by Gasteiger charge is 2.05. The van der Waals surface area contributed by atoms with Gasteiger partial charge in [0.15, 0.2) is 0 Å². The van der Waals surface area contributed by atoms with Gasteiger partial charge in [0, 0.05) is 13.6 Å². The summed E-state index contributed by atoms with van der Waals surface area (Å²) in [6, 6.07) is 0. The van der Waals surface area contributed by atoms with Gasteiger partial charge in [-0.05, 0) is 5.92 Å². The Morgan fingerprint density at radius 1 is 1.43 bits per heavy atom. The highest BCUT2D eigenvalue weighted by Crippen LogP contribution is 2.09. The van der Waals surface area contributed by atoms with Crippen LogP contribution in [0.2, 0.25) is 0 Å². The van der Waals surface area contributed by atoms with E-state index in [1.54, 1.807) is 12.4 Å². The standard InChI is InChI=1S/C10H17N3O/c1-8(2)6-13(3)10-5-11-4-9(7-14)12-10/h4-5,8,14H,6-7H2,1-3H3. The molecule has 0 bridgehead atoms. The van der Waals surface area contributed by atoms with Gasteiger partial charge in [-0.15, -0.1) is 0 Å². The second kappa shape index (κ2) is 4.91. The molecule has 0 radical (unpaired) electrons. The Hall–Kier alpha value is -1.16. The first-order chi connectivity index (χ1) is 6.63. The van der Waals surface area contributed by atoms with Gasteiger partial charge in [0.1, 0.15) is 5.82 Å². The lowest BCUT2D eigenvalue weighted by molar-refractivity contribution is 0.276. The smallest absolute Gasteiger partial charge is 0.147 e. The zero-order valence-corrected chi connectivity index (χ0v) is 8.94. The van der Waals surface area contributed by atoms with Gasteiger partial charge in [0.2, 0.25) is 0 Å². The Morgan fingerprint density at radius 2 is 2.14 bits per heavy atom. The summed E-state index contributed by atoms with van der Waals surface area (Å²) in [7, 11) is 1.98. The van der Waals surface area contributed by atoms with Crippen molar-refractivity contribution in [3.8, 4) is 0 Å². The zero-order chi connectivity index (χ0) is 10.6. The average Bonchev–Trinajstić information content (AvgIpc) is 2.17. The molecule has 0 saturated carbocycles. The second-order valence-corrected chi connectivity index (χ2v) is 3.80. The molecule has 4 heteroatoms. The first-order valence-corrected chi connectivity index (χ1v) is 4.76. The molecule has 0 spiro atoms. The molecule has 1 aromatic rings. The molecule has 14 heavy (non-hydrogen) atoms. The van der Waals surface area contributed by atoms with Crippen LogP contribution in [0.4, 0.5) is 5.82 Å². The van der Waals surface area contributed by atoms with Crippen LogP contribution in [0.5, 0.6) is 0 Å². The third-order valence-electron chi connectivity index (χ3n) is 1.86. The normalized spacial score (nSPS) is 10.6. The third kappa shape index (κ3) is 2.96. The quantitative estimate of drug-likeness (QED) is 0.780. The molecule has 0 aliphatic heterocycles. The van der Waals surface area contributed by atoms with Crippen molar-refractivity contribution >= 4 is 5.82 Å². The van der Waals surface area contributed by atoms with Gasteiger partial charge in [-0.2, -0.15) is 0 Å². The van der Waals surface area contributed by atoms with Gasteiger partial charge >= 0.3 is 0 Å². The summed E-state index contributed by atoms with van der Waals surface area (Å²) in [5, 5.41) is 8.90. The number of anilines is 1. The molecule has 0 aromatic carbocycles. The summed E-state index contributed by atoms with van der Waals surface area (Å²) < 4.78 is 0. The monoisotopic (exact) mass is 195 g/mol. The molecular weight excluding hydrogens is 178 g/mol. The summed E-state index contributed by atoms with van der Waals surface area (Å²) in [6.45, 7) is 5.18. The highest BCUT2D eigenvalue weighted by atomic mass is 16.3. The van der Waals surface area contributed by atoms with E-state index < -0.39 is 0 Å². The van der Waals surface area contributed by atoms with Gasteiger partial charge < -0.3 is 10.0 Å². The first kappa shape index (κ1) is 10.9. The maximum atomic E-state index is 8.90. The van der Waals surface area contributed by atoms with Gasteiger partial charge in [-0.3, -0.25) is 4.98 Å². The van der Waals surface area contributed by atoms with Crippen molar-refractivity contribution < 1.29 is 5.11 Å². The lowest BCUT2D eigenvalue weighted by Gasteiger charge is -2.20. The van der Waals surface area contributed by atoms with Crippen LogP contribution in [0.15, 0.2) is 12.4 Å². The van der Waals surface area contributed by atoms with E-state index in [9.17, 15) is 0 Å². The molecule has 1 N–H and O–H groups in total. The summed E-state index contributed by atoms with van der Waals surface area (Å²) in [4.78, 5) is 10.3. The van der Waals surface area contributed by atoms with E-state index >= 15 is 0 Å². The Balaban J connectivity index is 2.73. The topological polar surface area (TPSA) is 49.2 Å². The fourth-order valence-corrected chi connectivity index (χ4v) is 1.30. The molecule has 1 aromatic heterocycles. The summed E-state index contributed by atoms with van der Waals surface area (Å²) in [6.07, 6.45) is 3.29. The van der Waals surface area contributed by atoms with Crippen LogP contribution in [0.25, 0.3) is 0 Å². The van der Waals surface area contributed by atoms with E-state index in [1.165, 1.54) is 0 Å². The maximum absolute atomic E-state index is 8.90. The average molecular weight is 195 g/mol. The van der Waals surface area contributed by atoms with Crippen LogP contribution in [-0.4, -0.2) is 28.7 Å². The number of rotatable bonds is 4. The molecule has 78 valence electrons. The number of nitrogens with zero attached hydrogens (tertiary/aromatic N) is 3. The highest BCUT2D eigenvalue weighted by molar-refractivity contribution is 5.34. The maximum Gasteiger partial charge on any atom is 0.147 e. The van der Waals surface area contributed by atoms with E-state index in [0.717, 1.165) is 12.4 Å². The third-order valence-corrected chi connectivity index (χ3v) is 1.86. The molecule has 0 saturated heterocycles.